The Labute approximate surface area is 73.1 Å². The fourth-order valence-electron chi connectivity index (χ4n) is 0.717. The first kappa shape index (κ1) is 8.79. The van der Waals surface area contributed by atoms with E-state index in [0.29, 0.717) is 5.03 Å². The molecule has 0 bridgehead atoms. The summed E-state index contributed by atoms with van der Waals surface area (Å²) in [4.78, 5) is 13.6. The Balaban J connectivity index is 3.12. The van der Waals surface area contributed by atoms with Crippen molar-refractivity contribution in [2.75, 3.05) is 12.0 Å². The lowest BCUT2D eigenvalue weighted by Crippen LogP contribution is -1.98. The molecule has 1 aromatic rings. The van der Waals surface area contributed by atoms with Gasteiger partial charge in [0.2, 0.25) is 5.82 Å². The lowest BCUT2D eigenvalue weighted by atomic mass is 10.4. The van der Waals surface area contributed by atoms with E-state index in [1.807, 2.05) is 6.26 Å². The van der Waals surface area contributed by atoms with Crippen molar-refractivity contribution in [3.05, 3.63) is 22.2 Å². The van der Waals surface area contributed by atoms with Crippen LogP contribution in [0, 0.1) is 10.1 Å². The van der Waals surface area contributed by atoms with Gasteiger partial charge in [-0.2, -0.15) is 0 Å². The van der Waals surface area contributed by atoms with Gasteiger partial charge in [0.1, 0.15) is 0 Å². The zero-order valence-electron chi connectivity index (χ0n) is 6.35. The third-order valence-corrected chi connectivity index (χ3v) is 1.93. The normalized spacial score (nSPS) is 9.75. The van der Waals surface area contributed by atoms with Gasteiger partial charge in [0, 0.05) is 6.07 Å². The second-order valence-corrected chi connectivity index (χ2v) is 2.84. The van der Waals surface area contributed by atoms with Crippen LogP contribution in [0.5, 0.6) is 0 Å². The molecule has 0 unspecified atom stereocenters. The number of hydrogen-bond donors (Lipinski definition) is 1. The molecule has 0 amide bonds. The molecule has 0 radical (unpaired) electrons. The number of anilines is 1. The second kappa shape index (κ2) is 3.40. The molecule has 1 heterocycles. The van der Waals surface area contributed by atoms with Gasteiger partial charge in [0.25, 0.3) is 0 Å². The van der Waals surface area contributed by atoms with Crippen LogP contribution < -0.4 is 5.73 Å². The van der Waals surface area contributed by atoms with Crippen LogP contribution in [0.2, 0.25) is 0 Å². The predicted molar refractivity (Wildman–Crippen MR) is 47.1 cm³/mol. The van der Waals surface area contributed by atoms with E-state index in [0.717, 1.165) is 0 Å². The van der Waals surface area contributed by atoms with Crippen LogP contribution in [0.4, 0.5) is 11.5 Å². The van der Waals surface area contributed by atoms with Gasteiger partial charge < -0.3 is 5.73 Å². The fraction of sp³-hybridized carbons (Fsp3) is 0.167. The molecule has 1 aromatic heterocycles. The first-order valence-electron chi connectivity index (χ1n) is 3.10. The lowest BCUT2D eigenvalue weighted by molar-refractivity contribution is -0.384. The molecule has 0 aliphatic carbocycles. The van der Waals surface area contributed by atoms with Crippen molar-refractivity contribution in [3.8, 4) is 0 Å². The van der Waals surface area contributed by atoms with Crippen LogP contribution in [-0.2, 0) is 0 Å². The van der Waals surface area contributed by atoms with E-state index in [-0.39, 0.29) is 11.5 Å². The third kappa shape index (κ3) is 1.65. The largest absolute Gasteiger partial charge is 0.378 e. The highest BCUT2D eigenvalue weighted by Gasteiger charge is 2.11. The first-order valence-corrected chi connectivity index (χ1v) is 4.32. The molecule has 0 atom stereocenters. The molecule has 6 heteroatoms. The predicted octanol–water partition coefficient (Wildman–Crippen LogP) is 1.29. The van der Waals surface area contributed by atoms with Crippen LogP contribution >= 0.6 is 11.8 Å². The number of aromatic nitrogens is 1. The van der Waals surface area contributed by atoms with Gasteiger partial charge >= 0.3 is 5.69 Å². The summed E-state index contributed by atoms with van der Waals surface area (Å²) in [5, 5.41) is 11.0. The molecule has 0 fully saturated rings. The number of nitro groups is 1. The maximum Gasteiger partial charge on any atom is 0.311 e. The molecule has 5 nitrogen and oxygen atoms in total. The minimum absolute atomic E-state index is 0.0353. The maximum absolute atomic E-state index is 10.3. The Morgan fingerprint density at radius 3 is 2.75 bits per heavy atom. The quantitative estimate of drug-likeness (QED) is 0.426. The van der Waals surface area contributed by atoms with Crippen LogP contribution in [-0.4, -0.2) is 16.2 Å². The Bertz CT molecular complexity index is 316. The zero-order valence-corrected chi connectivity index (χ0v) is 7.17. The highest BCUT2D eigenvalue weighted by atomic mass is 32.2. The highest BCUT2D eigenvalue weighted by molar-refractivity contribution is 7.98. The van der Waals surface area contributed by atoms with E-state index in [4.69, 9.17) is 5.73 Å². The standard InChI is InChI=1S/C6H7N3O2S/c1-12-5-3-2-4(9(10)11)6(7)8-5/h2-3H,1H3,(H2,7,8). The summed E-state index contributed by atoms with van der Waals surface area (Å²) < 4.78 is 0. The molecule has 2 N–H and O–H groups in total. The van der Waals surface area contributed by atoms with Gasteiger partial charge in [0.05, 0.1) is 9.95 Å². The number of pyridine rings is 1. The molecule has 0 saturated heterocycles. The third-order valence-electron chi connectivity index (χ3n) is 1.28. The van der Waals surface area contributed by atoms with Gasteiger partial charge in [-0.25, -0.2) is 4.98 Å². The smallest absolute Gasteiger partial charge is 0.311 e. The summed E-state index contributed by atoms with van der Waals surface area (Å²) in [6.07, 6.45) is 1.83. The summed E-state index contributed by atoms with van der Waals surface area (Å²) in [7, 11) is 0. The average molecular weight is 185 g/mol. The lowest BCUT2D eigenvalue weighted by Gasteiger charge is -1.97. The summed E-state index contributed by atoms with van der Waals surface area (Å²) in [5.41, 5.74) is 5.19. The van der Waals surface area contributed by atoms with Gasteiger partial charge in [-0.15, -0.1) is 11.8 Å². The van der Waals surface area contributed by atoms with E-state index in [1.54, 1.807) is 6.07 Å². The van der Waals surface area contributed by atoms with Crippen LogP contribution in [0.1, 0.15) is 0 Å². The van der Waals surface area contributed by atoms with Crippen molar-refractivity contribution < 1.29 is 4.92 Å². The van der Waals surface area contributed by atoms with Crippen molar-refractivity contribution in [1.82, 2.24) is 4.98 Å². The highest BCUT2D eigenvalue weighted by Crippen LogP contribution is 2.22. The Hall–Kier alpha value is -1.30. The summed E-state index contributed by atoms with van der Waals surface area (Å²) in [6.45, 7) is 0. The number of nitrogen functional groups attached to an aromatic ring is 1. The van der Waals surface area contributed by atoms with Crippen LogP contribution in [0.25, 0.3) is 0 Å². The number of nitrogens with two attached hydrogens (primary N) is 1. The van der Waals surface area contributed by atoms with Crippen molar-refractivity contribution in [1.29, 1.82) is 0 Å². The number of thioether (sulfide) groups is 1. The molecule has 12 heavy (non-hydrogen) atoms. The van der Waals surface area contributed by atoms with Crippen molar-refractivity contribution in [2.24, 2.45) is 0 Å². The Morgan fingerprint density at radius 1 is 1.67 bits per heavy atom. The summed E-state index contributed by atoms with van der Waals surface area (Å²) >= 11 is 1.39. The summed E-state index contributed by atoms with van der Waals surface area (Å²) in [5.74, 6) is -0.0353. The van der Waals surface area contributed by atoms with Crippen molar-refractivity contribution in [2.45, 2.75) is 5.03 Å². The van der Waals surface area contributed by atoms with Gasteiger partial charge in [-0.3, -0.25) is 10.1 Å². The SMILES string of the molecule is CSc1ccc([N+](=O)[O-])c(N)n1. The molecule has 64 valence electrons. The number of hydrogen-bond acceptors (Lipinski definition) is 5. The average Bonchev–Trinajstić information content (AvgIpc) is 2.03. The number of rotatable bonds is 2. The molecule has 0 aliphatic rings. The monoisotopic (exact) mass is 185 g/mol. The second-order valence-electron chi connectivity index (χ2n) is 2.02. The number of nitrogens with zero attached hydrogens (tertiary/aromatic N) is 2. The fourth-order valence-corrected chi connectivity index (χ4v) is 1.11. The Kier molecular flexibility index (Phi) is 2.49. The van der Waals surface area contributed by atoms with E-state index in [1.165, 1.54) is 17.8 Å². The molecule has 0 saturated carbocycles. The van der Waals surface area contributed by atoms with Gasteiger partial charge in [0.15, 0.2) is 0 Å². The molecular formula is C6H7N3O2S. The van der Waals surface area contributed by atoms with E-state index >= 15 is 0 Å². The molecular weight excluding hydrogens is 178 g/mol. The zero-order chi connectivity index (χ0) is 9.14. The molecule has 0 aromatic carbocycles. The maximum atomic E-state index is 10.3. The van der Waals surface area contributed by atoms with Gasteiger partial charge in [-0.1, -0.05) is 0 Å². The van der Waals surface area contributed by atoms with Crippen molar-refractivity contribution in [3.63, 3.8) is 0 Å². The molecule has 0 spiro atoms. The molecule has 1 rings (SSSR count). The van der Waals surface area contributed by atoms with Crippen LogP contribution in [0.15, 0.2) is 17.2 Å². The summed E-state index contributed by atoms with van der Waals surface area (Å²) in [6, 6.07) is 2.92. The van der Waals surface area contributed by atoms with Crippen molar-refractivity contribution >= 4 is 23.3 Å². The minimum Gasteiger partial charge on any atom is -0.378 e. The van der Waals surface area contributed by atoms with Crippen LogP contribution in [0.3, 0.4) is 0 Å². The minimum atomic E-state index is -0.549. The molecule has 0 aliphatic heterocycles. The van der Waals surface area contributed by atoms with Gasteiger partial charge in [-0.05, 0) is 12.3 Å². The Morgan fingerprint density at radius 2 is 2.33 bits per heavy atom. The van der Waals surface area contributed by atoms with E-state index < -0.39 is 4.92 Å². The topological polar surface area (TPSA) is 82.0 Å². The van der Waals surface area contributed by atoms with E-state index in [9.17, 15) is 10.1 Å². The first-order chi connectivity index (χ1) is 5.65. The van der Waals surface area contributed by atoms with E-state index in [2.05, 4.69) is 4.98 Å².